The Bertz CT molecular complexity index is 949. The Labute approximate surface area is 190 Å². The van der Waals surface area contributed by atoms with Crippen molar-refractivity contribution in [1.29, 1.82) is 0 Å². The van der Waals surface area contributed by atoms with Gasteiger partial charge in [-0.1, -0.05) is 0 Å². The lowest BCUT2D eigenvalue weighted by Crippen LogP contribution is -2.47. The molecule has 0 radical (unpaired) electrons. The maximum atomic E-state index is 12.5. The van der Waals surface area contributed by atoms with Crippen LogP contribution in [0, 0.1) is 0 Å². The molecule has 178 valence electrons. The highest BCUT2D eigenvalue weighted by molar-refractivity contribution is 7.90. The van der Waals surface area contributed by atoms with Crippen molar-refractivity contribution in [3.63, 3.8) is 0 Å². The molecule has 2 aliphatic rings. The number of rotatable bonds is 5. The number of amides is 2. The number of likely N-dealkylation sites (tertiary alicyclic amines) is 1. The van der Waals surface area contributed by atoms with Crippen LogP contribution in [0.25, 0.3) is 0 Å². The van der Waals surface area contributed by atoms with E-state index in [1.807, 2.05) is 20.8 Å². The van der Waals surface area contributed by atoms with Gasteiger partial charge >= 0.3 is 12.2 Å². The SMILES string of the molecule is CC(C)(C)OC(=O)N1CCC(NCCOC(=O)N2CCc3cc(S(C)(=O)=O)ccc32)CC1. The fourth-order valence-corrected chi connectivity index (χ4v) is 4.54. The third-order valence-electron chi connectivity index (χ3n) is 5.50. The highest BCUT2D eigenvalue weighted by Crippen LogP contribution is 2.30. The molecule has 0 spiro atoms. The van der Waals surface area contributed by atoms with E-state index >= 15 is 0 Å². The molecule has 2 aliphatic heterocycles. The summed E-state index contributed by atoms with van der Waals surface area (Å²) in [5.74, 6) is 0. The molecule has 1 aromatic carbocycles. The summed E-state index contributed by atoms with van der Waals surface area (Å²) in [6.07, 6.45) is 2.69. The van der Waals surface area contributed by atoms with Gasteiger partial charge in [-0.2, -0.15) is 0 Å². The minimum Gasteiger partial charge on any atom is -0.448 e. The van der Waals surface area contributed by atoms with Crippen LogP contribution < -0.4 is 10.2 Å². The predicted molar refractivity (Wildman–Crippen MR) is 121 cm³/mol. The Morgan fingerprint density at radius 1 is 1.12 bits per heavy atom. The number of nitrogens with one attached hydrogen (secondary N) is 1. The summed E-state index contributed by atoms with van der Waals surface area (Å²) in [7, 11) is -3.28. The zero-order chi connectivity index (χ0) is 23.5. The maximum absolute atomic E-state index is 12.5. The van der Waals surface area contributed by atoms with Crippen molar-refractivity contribution in [3.05, 3.63) is 23.8 Å². The lowest BCUT2D eigenvalue weighted by Gasteiger charge is -2.33. The molecule has 10 heteroatoms. The second kappa shape index (κ2) is 9.66. The molecule has 1 fully saturated rings. The van der Waals surface area contributed by atoms with Crippen molar-refractivity contribution in [3.8, 4) is 0 Å². The molecule has 1 aromatic rings. The molecule has 0 aliphatic carbocycles. The molecule has 9 nitrogen and oxygen atoms in total. The molecule has 0 unspecified atom stereocenters. The summed E-state index contributed by atoms with van der Waals surface area (Å²) in [5, 5.41) is 3.38. The zero-order valence-corrected chi connectivity index (χ0v) is 20.0. The number of ether oxygens (including phenoxy) is 2. The molecule has 1 saturated heterocycles. The van der Waals surface area contributed by atoms with Crippen LogP contribution in [0.2, 0.25) is 0 Å². The van der Waals surface area contributed by atoms with Gasteiger partial charge in [0, 0.05) is 38.5 Å². The first-order valence-electron chi connectivity index (χ1n) is 10.9. The number of anilines is 1. The smallest absolute Gasteiger partial charge is 0.414 e. The van der Waals surface area contributed by atoms with E-state index in [0.717, 1.165) is 18.4 Å². The molecular weight excluding hydrogens is 434 g/mol. The van der Waals surface area contributed by atoms with Gasteiger partial charge < -0.3 is 19.7 Å². The zero-order valence-electron chi connectivity index (χ0n) is 19.2. The Morgan fingerprint density at radius 3 is 2.44 bits per heavy atom. The molecule has 0 aromatic heterocycles. The highest BCUT2D eigenvalue weighted by Gasteiger charge is 2.28. The lowest BCUT2D eigenvalue weighted by molar-refractivity contribution is 0.0197. The minimum absolute atomic E-state index is 0.234. The number of benzene rings is 1. The van der Waals surface area contributed by atoms with Crippen LogP contribution in [-0.2, 0) is 25.7 Å². The van der Waals surface area contributed by atoms with Crippen LogP contribution in [0.1, 0.15) is 39.2 Å². The van der Waals surface area contributed by atoms with Gasteiger partial charge in [-0.15, -0.1) is 0 Å². The predicted octanol–water partition coefficient (Wildman–Crippen LogP) is 2.58. The van der Waals surface area contributed by atoms with Crippen LogP contribution in [0.4, 0.5) is 15.3 Å². The monoisotopic (exact) mass is 467 g/mol. The number of hydrogen-bond donors (Lipinski definition) is 1. The average molecular weight is 468 g/mol. The van der Waals surface area contributed by atoms with Crippen molar-refractivity contribution < 1.29 is 27.5 Å². The van der Waals surface area contributed by atoms with Gasteiger partial charge in [0.15, 0.2) is 9.84 Å². The summed E-state index contributed by atoms with van der Waals surface area (Å²) in [4.78, 5) is 28.1. The topological polar surface area (TPSA) is 105 Å². The van der Waals surface area contributed by atoms with E-state index in [4.69, 9.17) is 9.47 Å². The summed E-state index contributed by atoms with van der Waals surface area (Å²) in [6.45, 7) is 8.06. The number of sulfone groups is 1. The van der Waals surface area contributed by atoms with Crippen LogP contribution >= 0.6 is 0 Å². The van der Waals surface area contributed by atoms with Crippen molar-refractivity contribution >= 4 is 27.7 Å². The van der Waals surface area contributed by atoms with Gasteiger partial charge in [0.05, 0.1) is 10.6 Å². The van der Waals surface area contributed by atoms with Crippen molar-refractivity contribution in [2.75, 3.05) is 43.9 Å². The second-order valence-corrected chi connectivity index (χ2v) is 11.3. The Balaban J connectivity index is 1.39. The van der Waals surface area contributed by atoms with Crippen LogP contribution in [-0.4, -0.2) is 76.2 Å². The van der Waals surface area contributed by atoms with Gasteiger partial charge in [-0.3, -0.25) is 4.90 Å². The Morgan fingerprint density at radius 2 is 1.81 bits per heavy atom. The average Bonchev–Trinajstić information content (AvgIpc) is 3.13. The fourth-order valence-electron chi connectivity index (χ4n) is 3.87. The summed E-state index contributed by atoms with van der Waals surface area (Å²) in [6, 6.07) is 5.07. The quantitative estimate of drug-likeness (QED) is 0.664. The Kier molecular flexibility index (Phi) is 7.34. The standard InChI is InChI=1S/C22H33N3O6S/c1-22(2,3)31-20(26)24-11-8-17(9-12-24)23-10-14-30-21(27)25-13-7-16-15-18(32(4,28)29)5-6-19(16)25/h5-6,15,17,23H,7-14H2,1-4H3. The first-order valence-corrected chi connectivity index (χ1v) is 12.8. The largest absolute Gasteiger partial charge is 0.448 e. The third kappa shape index (κ3) is 6.35. The van der Waals surface area contributed by atoms with Crippen LogP contribution in [0.3, 0.4) is 0 Å². The van der Waals surface area contributed by atoms with E-state index in [9.17, 15) is 18.0 Å². The lowest BCUT2D eigenvalue weighted by atomic mass is 10.1. The van der Waals surface area contributed by atoms with E-state index in [0.29, 0.717) is 38.3 Å². The second-order valence-electron chi connectivity index (χ2n) is 9.27. The maximum Gasteiger partial charge on any atom is 0.414 e. The minimum atomic E-state index is -3.28. The van der Waals surface area contributed by atoms with Crippen LogP contribution in [0.15, 0.2) is 23.1 Å². The van der Waals surface area contributed by atoms with E-state index in [1.165, 1.54) is 12.3 Å². The summed E-state index contributed by atoms with van der Waals surface area (Å²) < 4.78 is 34.3. The first kappa shape index (κ1) is 24.3. The summed E-state index contributed by atoms with van der Waals surface area (Å²) in [5.41, 5.74) is 1.03. The van der Waals surface area contributed by atoms with Crippen molar-refractivity contribution in [2.24, 2.45) is 0 Å². The number of hydrogen-bond acceptors (Lipinski definition) is 7. The number of carbonyl (C=O) groups is 2. The van der Waals surface area contributed by atoms with Gasteiger partial charge in [0.2, 0.25) is 0 Å². The Hall–Kier alpha value is -2.33. The molecule has 3 rings (SSSR count). The molecule has 2 amide bonds. The van der Waals surface area contributed by atoms with Gasteiger partial charge in [-0.25, -0.2) is 18.0 Å². The molecule has 2 heterocycles. The summed E-state index contributed by atoms with van der Waals surface area (Å²) >= 11 is 0. The van der Waals surface area contributed by atoms with Gasteiger partial charge in [0.1, 0.15) is 12.2 Å². The number of piperidine rings is 1. The molecule has 0 saturated carbocycles. The van der Waals surface area contributed by atoms with Crippen molar-refractivity contribution in [1.82, 2.24) is 10.2 Å². The fraction of sp³-hybridized carbons (Fsp3) is 0.636. The molecule has 0 bridgehead atoms. The number of nitrogens with zero attached hydrogens (tertiary/aromatic N) is 2. The third-order valence-corrected chi connectivity index (χ3v) is 6.61. The molecule has 0 atom stereocenters. The van der Waals surface area contributed by atoms with E-state index < -0.39 is 21.5 Å². The van der Waals surface area contributed by atoms with Crippen molar-refractivity contribution in [2.45, 2.75) is 56.6 Å². The normalized spacial score (nSPS) is 17.2. The first-order chi connectivity index (χ1) is 14.9. The van der Waals surface area contributed by atoms with E-state index in [1.54, 1.807) is 21.9 Å². The van der Waals surface area contributed by atoms with E-state index in [2.05, 4.69) is 5.32 Å². The number of carbonyl (C=O) groups excluding carboxylic acids is 2. The van der Waals surface area contributed by atoms with Gasteiger partial charge in [0.25, 0.3) is 0 Å². The van der Waals surface area contributed by atoms with E-state index in [-0.39, 0.29) is 23.6 Å². The van der Waals surface area contributed by atoms with Gasteiger partial charge in [-0.05, 0) is 63.8 Å². The molecular formula is C22H33N3O6S. The molecule has 1 N–H and O–H groups in total. The number of fused-ring (bicyclic) bond motifs is 1. The van der Waals surface area contributed by atoms with Crippen LogP contribution in [0.5, 0.6) is 0 Å². The highest BCUT2D eigenvalue weighted by atomic mass is 32.2. The molecule has 32 heavy (non-hydrogen) atoms.